The summed E-state index contributed by atoms with van der Waals surface area (Å²) >= 11 is 3.39. The Morgan fingerprint density at radius 3 is 2.81 bits per heavy atom. The van der Waals surface area contributed by atoms with Gasteiger partial charge in [-0.2, -0.15) is 0 Å². The number of carbonyl (C=O) groups is 2. The van der Waals surface area contributed by atoms with E-state index in [2.05, 4.69) is 21.2 Å². The number of carbonyl (C=O) groups excluding carboxylic acids is 2. The molecular weight excluding hydrogens is 460 g/mol. The zero-order valence-corrected chi connectivity index (χ0v) is 18.8. The van der Waals surface area contributed by atoms with Crippen molar-refractivity contribution in [2.75, 3.05) is 11.9 Å². The minimum atomic E-state index is -1.70. The van der Waals surface area contributed by atoms with E-state index in [4.69, 9.17) is 0 Å². The van der Waals surface area contributed by atoms with E-state index < -0.39 is 17.4 Å². The molecule has 3 N–H and O–H groups in total. The average Bonchev–Trinajstić information content (AvgIpc) is 3.03. The first kappa shape index (κ1) is 21.7. The van der Waals surface area contributed by atoms with Crippen LogP contribution in [0, 0.1) is 5.92 Å². The number of hydrogen-bond donors (Lipinski definition) is 3. The van der Waals surface area contributed by atoms with Gasteiger partial charge in [-0.1, -0.05) is 59.3 Å². The zero-order valence-electron chi connectivity index (χ0n) is 17.2. The number of nitrogens with one attached hydrogen (secondary N) is 1. The Bertz CT molecular complexity index is 1050. The van der Waals surface area contributed by atoms with Gasteiger partial charge in [-0.3, -0.25) is 9.59 Å². The van der Waals surface area contributed by atoms with Crippen molar-refractivity contribution in [2.45, 2.75) is 38.0 Å². The Labute approximate surface area is 189 Å². The fourth-order valence-electron chi connectivity index (χ4n) is 4.40. The normalized spacial score (nSPS) is 23.4. The third-order valence-corrected chi connectivity index (χ3v) is 6.74. The average molecular weight is 485 g/mol. The third kappa shape index (κ3) is 3.93. The highest BCUT2D eigenvalue weighted by Crippen LogP contribution is 2.42. The summed E-state index contributed by atoms with van der Waals surface area (Å²) in [5.41, 5.74) is 1.66. The quantitative estimate of drug-likeness (QED) is 0.568. The van der Waals surface area contributed by atoms with E-state index in [1.54, 1.807) is 42.2 Å². The molecule has 162 valence electrons. The van der Waals surface area contributed by atoms with Crippen molar-refractivity contribution in [3.05, 3.63) is 75.8 Å². The van der Waals surface area contributed by atoms with Crippen LogP contribution in [0.15, 0.2) is 59.1 Å². The molecule has 0 radical (unpaired) electrons. The van der Waals surface area contributed by atoms with Gasteiger partial charge in [0.15, 0.2) is 5.60 Å². The lowest BCUT2D eigenvalue weighted by molar-refractivity contribution is -0.137. The molecule has 2 aliphatic rings. The minimum absolute atomic E-state index is 0.0915. The van der Waals surface area contributed by atoms with Crippen LogP contribution in [0.4, 0.5) is 5.69 Å². The number of halogens is 1. The molecule has 7 heteroatoms. The largest absolute Gasteiger partial charge is 0.394 e. The van der Waals surface area contributed by atoms with Gasteiger partial charge < -0.3 is 20.4 Å². The summed E-state index contributed by atoms with van der Waals surface area (Å²) in [6.45, 7) is 2.13. The smallest absolute Gasteiger partial charge is 0.261 e. The number of hydrogen-bond acceptors (Lipinski definition) is 4. The topological polar surface area (TPSA) is 89.9 Å². The summed E-state index contributed by atoms with van der Waals surface area (Å²) in [7, 11) is 0. The van der Waals surface area contributed by atoms with E-state index in [0.29, 0.717) is 24.2 Å². The Morgan fingerprint density at radius 2 is 2.06 bits per heavy atom. The molecule has 2 aromatic carbocycles. The summed E-state index contributed by atoms with van der Waals surface area (Å²) in [5, 5.41) is 23.7. The lowest BCUT2D eigenvalue weighted by Gasteiger charge is -2.36. The standard InChI is InChI=1S/C24H25BrN2O4/c1-15(24(31)20-12-18(25)9-10-21(20)26-23(24)30)5-4-8-22(29)27-13-17-7-3-2-6-16(17)11-19(27)14-28/h2-7,9-10,12,15,19,28,31H,8,11,13-14H2,1H3,(H,26,30)/b5-4+/t15-,19+,24+/m1/s1. The second kappa shape index (κ2) is 8.57. The Balaban J connectivity index is 1.47. The van der Waals surface area contributed by atoms with Gasteiger partial charge in [0.1, 0.15) is 0 Å². The van der Waals surface area contributed by atoms with Crippen LogP contribution in [0.25, 0.3) is 0 Å². The fourth-order valence-corrected chi connectivity index (χ4v) is 4.77. The van der Waals surface area contributed by atoms with Crippen LogP contribution in [0.1, 0.15) is 30.0 Å². The summed E-state index contributed by atoms with van der Waals surface area (Å²) < 4.78 is 0.771. The lowest BCUT2D eigenvalue weighted by Crippen LogP contribution is -2.46. The molecule has 0 saturated carbocycles. The second-order valence-corrected chi connectivity index (χ2v) is 9.08. The first-order chi connectivity index (χ1) is 14.8. The van der Waals surface area contributed by atoms with Crippen LogP contribution >= 0.6 is 15.9 Å². The van der Waals surface area contributed by atoms with Crippen molar-refractivity contribution in [3.8, 4) is 0 Å². The predicted molar refractivity (Wildman–Crippen MR) is 121 cm³/mol. The molecular formula is C24H25BrN2O4. The number of aliphatic hydroxyl groups excluding tert-OH is 1. The molecule has 0 fully saturated rings. The van der Waals surface area contributed by atoms with E-state index in [1.807, 2.05) is 24.3 Å². The molecule has 4 rings (SSSR count). The van der Waals surface area contributed by atoms with Crippen LogP contribution in [0.3, 0.4) is 0 Å². The van der Waals surface area contributed by atoms with Gasteiger partial charge in [-0.05, 0) is 35.7 Å². The van der Waals surface area contributed by atoms with Gasteiger partial charge in [0, 0.05) is 34.6 Å². The predicted octanol–water partition coefficient (Wildman–Crippen LogP) is 3.12. The molecule has 2 aliphatic heterocycles. The number of benzene rings is 2. The van der Waals surface area contributed by atoms with Crippen molar-refractivity contribution >= 4 is 33.4 Å². The van der Waals surface area contributed by atoms with E-state index in [0.717, 1.165) is 15.6 Å². The summed E-state index contributed by atoms with van der Waals surface area (Å²) in [4.78, 5) is 27.1. The van der Waals surface area contributed by atoms with E-state index in [1.165, 1.54) is 0 Å². The van der Waals surface area contributed by atoms with Crippen LogP contribution in [0.5, 0.6) is 0 Å². The fraction of sp³-hybridized carbons (Fsp3) is 0.333. The molecule has 0 spiro atoms. The molecule has 6 nitrogen and oxygen atoms in total. The molecule has 0 saturated heterocycles. The van der Waals surface area contributed by atoms with E-state index >= 15 is 0 Å². The Hall–Kier alpha value is -2.48. The first-order valence-corrected chi connectivity index (χ1v) is 11.1. The molecule has 2 amide bonds. The molecule has 0 aliphatic carbocycles. The highest BCUT2D eigenvalue weighted by Gasteiger charge is 2.48. The van der Waals surface area contributed by atoms with Gasteiger partial charge in [-0.15, -0.1) is 0 Å². The van der Waals surface area contributed by atoms with E-state index in [-0.39, 0.29) is 25.0 Å². The van der Waals surface area contributed by atoms with Gasteiger partial charge in [0.2, 0.25) is 5.91 Å². The van der Waals surface area contributed by atoms with Crippen molar-refractivity contribution < 1.29 is 19.8 Å². The molecule has 0 bridgehead atoms. The van der Waals surface area contributed by atoms with E-state index in [9.17, 15) is 19.8 Å². The van der Waals surface area contributed by atoms with Crippen LogP contribution in [-0.4, -0.2) is 39.6 Å². The maximum atomic E-state index is 12.9. The monoisotopic (exact) mass is 484 g/mol. The number of amides is 2. The highest BCUT2D eigenvalue weighted by molar-refractivity contribution is 9.10. The second-order valence-electron chi connectivity index (χ2n) is 8.16. The molecule has 3 atom stereocenters. The molecule has 0 unspecified atom stereocenters. The number of anilines is 1. The summed E-state index contributed by atoms with van der Waals surface area (Å²) in [5.74, 6) is -1.10. The molecule has 2 aromatic rings. The summed E-state index contributed by atoms with van der Waals surface area (Å²) in [6, 6.07) is 13.0. The van der Waals surface area contributed by atoms with Crippen molar-refractivity contribution in [3.63, 3.8) is 0 Å². The number of nitrogens with zero attached hydrogens (tertiary/aromatic N) is 1. The minimum Gasteiger partial charge on any atom is -0.394 e. The van der Waals surface area contributed by atoms with Gasteiger partial charge in [0.25, 0.3) is 5.91 Å². The van der Waals surface area contributed by atoms with Crippen molar-refractivity contribution in [1.82, 2.24) is 4.90 Å². The number of rotatable bonds is 5. The van der Waals surface area contributed by atoms with Gasteiger partial charge in [0.05, 0.1) is 12.6 Å². The molecule has 0 aromatic heterocycles. The third-order valence-electron chi connectivity index (χ3n) is 6.25. The van der Waals surface area contributed by atoms with Crippen molar-refractivity contribution in [2.24, 2.45) is 5.92 Å². The molecule has 2 heterocycles. The van der Waals surface area contributed by atoms with Gasteiger partial charge in [-0.25, -0.2) is 0 Å². The number of fused-ring (bicyclic) bond motifs is 2. The Kier molecular flexibility index (Phi) is 6.01. The molecule has 31 heavy (non-hydrogen) atoms. The summed E-state index contributed by atoms with van der Waals surface area (Å²) in [6.07, 6.45) is 4.17. The maximum Gasteiger partial charge on any atom is 0.261 e. The number of aliphatic hydroxyl groups is 2. The first-order valence-electron chi connectivity index (χ1n) is 10.3. The van der Waals surface area contributed by atoms with Crippen LogP contribution in [-0.2, 0) is 28.2 Å². The SMILES string of the molecule is C[C@H](/C=C/CC(=O)N1Cc2ccccc2C[C@H]1CO)[C@@]1(O)C(=O)Nc2ccc(Br)cc21. The highest BCUT2D eigenvalue weighted by atomic mass is 79.9. The lowest BCUT2D eigenvalue weighted by atomic mass is 9.83. The maximum absolute atomic E-state index is 12.9. The van der Waals surface area contributed by atoms with Crippen molar-refractivity contribution in [1.29, 1.82) is 0 Å². The van der Waals surface area contributed by atoms with Crippen LogP contribution < -0.4 is 5.32 Å². The zero-order chi connectivity index (χ0) is 22.2. The van der Waals surface area contributed by atoms with Crippen LogP contribution in [0.2, 0.25) is 0 Å². The Morgan fingerprint density at radius 1 is 1.32 bits per heavy atom. The van der Waals surface area contributed by atoms with Gasteiger partial charge >= 0.3 is 0 Å².